The summed E-state index contributed by atoms with van der Waals surface area (Å²) >= 11 is 0. The zero-order valence-electron chi connectivity index (χ0n) is 13.8. The van der Waals surface area contributed by atoms with Gasteiger partial charge >= 0.3 is 0 Å². The number of fused-ring (bicyclic) bond motifs is 1. The first-order valence-electron chi connectivity index (χ1n) is 7.87. The minimum Gasteiger partial charge on any atom is -0.383 e. The Morgan fingerprint density at radius 3 is 2.54 bits per heavy atom. The van der Waals surface area contributed by atoms with Gasteiger partial charge in [0.1, 0.15) is 6.10 Å². The van der Waals surface area contributed by atoms with Crippen LogP contribution in [0.1, 0.15) is 11.7 Å². The zero-order valence-corrected chi connectivity index (χ0v) is 13.8. The highest BCUT2D eigenvalue weighted by atomic mass is 16.6. The van der Waals surface area contributed by atoms with Gasteiger partial charge in [0.25, 0.3) is 11.6 Å². The van der Waals surface area contributed by atoms with Crippen molar-refractivity contribution < 1.29 is 14.8 Å². The lowest BCUT2D eigenvalue weighted by atomic mass is 10.0. The number of anilines is 1. The second kappa shape index (κ2) is 7.16. The fourth-order valence-electron chi connectivity index (χ4n) is 2.67. The van der Waals surface area contributed by atoms with Gasteiger partial charge in [-0.25, -0.2) is 0 Å². The summed E-state index contributed by atoms with van der Waals surface area (Å²) in [7, 11) is 0. The molecule has 0 aliphatic heterocycles. The second-order valence-corrected chi connectivity index (χ2v) is 5.76. The number of hydrogen-bond acceptors (Lipinski definition) is 4. The fourth-order valence-corrected chi connectivity index (χ4v) is 2.67. The summed E-state index contributed by atoms with van der Waals surface area (Å²) in [5, 5.41) is 25.8. The highest BCUT2D eigenvalue weighted by molar-refractivity contribution is 6.09. The lowest BCUT2D eigenvalue weighted by Crippen LogP contribution is -2.19. The molecule has 0 fully saturated rings. The van der Waals surface area contributed by atoms with Crippen LogP contribution in [0.15, 0.2) is 78.9 Å². The van der Waals surface area contributed by atoms with E-state index in [9.17, 15) is 20.0 Å². The summed E-state index contributed by atoms with van der Waals surface area (Å²) in [6.07, 6.45) is -1.34. The molecule has 3 aromatic rings. The zero-order chi connectivity index (χ0) is 18.7. The van der Waals surface area contributed by atoms with Crippen molar-refractivity contribution in [2.45, 2.75) is 6.10 Å². The van der Waals surface area contributed by atoms with Gasteiger partial charge in [0, 0.05) is 28.8 Å². The molecule has 26 heavy (non-hydrogen) atoms. The Labute approximate surface area is 149 Å². The van der Waals surface area contributed by atoms with E-state index in [0.29, 0.717) is 5.69 Å². The van der Waals surface area contributed by atoms with Crippen LogP contribution >= 0.6 is 0 Å². The van der Waals surface area contributed by atoms with Gasteiger partial charge in [-0.2, -0.15) is 0 Å². The van der Waals surface area contributed by atoms with Gasteiger partial charge in [-0.05, 0) is 17.0 Å². The molecule has 6 heteroatoms. The Morgan fingerprint density at radius 2 is 1.77 bits per heavy atom. The summed E-state index contributed by atoms with van der Waals surface area (Å²) in [5.41, 5.74) is 0.569. The van der Waals surface area contributed by atoms with Crippen molar-refractivity contribution in [3.8, 4) is 0 Å². The summed E-state index contributed by atoms with van der Waals surface area (Å²) < 4.78 is 0. The second-order valence-electron chi connectivity index (χ2n) is 5.76. The fraction of sp³-hybridized carbons (Fsp3) is 0.0500. The maximum absolute atomic E-state index is 12.5. The predicted octanol–water partition coefficient (Wildman–Crippen LogP) is 3.98. The van der Waals surface area contributed by atoms with Crippen LogP contribution in [0.3, 0.4) is 0 Å². The van der Waals surface area contributed by atoms with Crippen molar-refractivity contribution >= 4 is 28.1 Å². The van der Waals surface area contributed by atoms with E-state index >= 15 is 0 Å². The number of non-ortho nitro benzene ring substituents is 1. The van der Waals surface area contributed by atoms with Gasteiger partial charge in [-0.1, -0.05) is 55.1 Å². The Hall–Kier alpha value is -3.51. The van der Waals surface area contributed by atoms with E-state index in [1.807, 2.05) is 36.4 Å². The quantitative estimate of drug-likeness (QED) is 0.414. The van der Waals surface area contributed by atoms with Crippen molar-refractivity contribution in [1.82, 2.24) is 0 Å². The molecular formula is C20H16N2O4. The van der Waals surface area contributed by atoms with Crippen LogP contribution in [0.5, 0.6) is 0 Å². The number of carbonyl (C=O) groups is 1. The van der Waals surface area contributed by atoms with E-state index in [1.165, 1.54) is 24.3 Å². The minimum atomic E-state index is -1.34. The molecule has 0 bridgehead atoms. The summed E-state index contributed by atoms with van der Waals surface area (Å²) in [4.78, 5) is 22.8. The molecule has 0 spiro atoms. The van der Waals surface area contributed by atoms with Gasteiger partial charge in [-0.3, -0.25) is 14.9 Å². The minimum absolute atomic E-state index is 0.0987. The predicted molar refractivity (Wildman–Crippen MR) is 99.8 cm³/mol. The first-order chi connectivity index (χ1) is 12.5. The number of nitro groups is 1. The number of aliphatic hydroxyl groups excluding tert-OH is 1. The average Bonchev–Trinajstić information content (AvgIpc) is 2.67. The Bertz CT molecular complexity index is 1010. The van der Waals surface area contributed by atoms with E-state index < -0.39 is 16.9 Å². The molecule has 3 aromatic carbocycles. The standard InChI is InChI=1S/C20H16N2O4/c1-13(19(23)15-8-4-9-16(12-15)22(25)26)20(24)21-18-11-5-7-14-6-2-3-10-17(14)18/h2-12,19,23H,1H2,(H,21,24). The topological polar surface area (TPSA) is 92.5 Å². The third-order valence-corrected chi connectivity index (χ3v) is 4.06. The maximum Gasteiger partial charge on any atom is 0.269 e. The van der Waals surface area contributed by atoms with Crippen LogP contribution in [0.4, 0.5) is 11.4 Å². The number of rotatable bonds is 5. The van der Waals surface area contributed by atoms with Crippen molar-refractivity contribution in [3.05, 3.63) is 94.6 Å². The molecule has 6 nitrogen and oxygen atoms in total. The van der Waals surface area contributed by atoms with Gasteiger partial charge in [0.05, 0.1) is 4.92 Å². The van der Waals surface area contributed by atoms with Gasteiger partial charge < -0.3 is 10.4 Å². The van der Waals surface area contributed by atoms with Crippen LogP contribution in [-0.4, -0.2) is 15.9 Å². The van der Waals surface area contributed by atoms with Crippen molar-refractivity contribution in [2.24, 2.45) is 0 Å². The Balaban J connectivity index is 1.82. The molecular weight excluding hydrogens is 332 g/mol. The van der Waals surface area contributed by atoms with Crippen LogP contribution in [0, 0.1) is 10.1 Å². The number of benzene rings is 3. The number of nitro benzene ring substituents is 1. The number of carbonyl (C=O) groups excluding carboxylic acids is 1. The first kappa shape index (κ1) is 17.3. The monoisotopic (exact) mass is 348 g/mol. The lowest BCUT2D eigenvalue weighted by Gasteiger charge is -2.15. The molecule has 0 aliphatic rings. The maximum atomic E-state index is 12.5. The smallest absolute Gasteiger partial charge is 0.269 e. The van der Waals surface area contributed by atoms with Gasteiger partial charge in [-0.15, -0.1) is 0 Å². The molecule has 2 N–H and O–H groups in total. The third-order valence-electron chi connectivity index (χ3n) is 4.06. The van der Waals surface area contributed by atoms with E-state index in [2.05, 4.69) is 11.9 Å². The molecule has 0 aliphatic carbocycles. The van der Waals surface area contributed by atoms with E-state index in [-0.39, 0.29) is 16.8 Å². The highest BCUT2D eigenvalue weighted by Gasteiger charge is 2.21. The average molecular weight is 348 g/mol. The van der Waals surface area contributed by atoms with E-state index in [1.54, 1.807) is 6.07 Å². The number of amides is 1. The summed E-state index contributed by atoms with van der Waals surface area (Å²) in [6, 6.07) is 18.6. The van der Waals surface area contributed by atoms with Crippen LogP contribution in [0.2, 0.25) is 0 Å². The van der Waals surface area contributed by atoms with Gasteiger partial charge in [0.2, 0.25) is 0 Å². The first-order valence-corrected chi connectivity index (χ1v) is 7.87. The molecule has 1 atom stereocenters. The number of nitrogens with zero attached hydrogens (tertiary/aromatic N) is 1. The molecule has 0 saturated heterocycles. The lowest BCUT2D eigenvalue weighted by molar-refractivity contribution is -0.385. The largest absolute Gasteiger partial charge is 0.383 e. The molecule has 0 heterocycles. The molecule has 1 amide bonds. The summed E-state index contributed by atoms with van der Waals surface area (Å²) in [5.74, 6) is -0.555. The Kier molecular flexibility index (Phi) is 4.77. The summed E-state index contributed by atoms with van der Waals surface area (Å²) in [6.45, 7) is 3.65. The van der Waals surface area contributed by atoms with Crippen molar-refractivity contribution in [1.29, 1.82) is 0 Å². The van der Waals surface area contributed by atoms with Crippen LogP contribution in [0.25, 0.3) is 10.8 Å². The van der Waals surface area contributed by atoms with Crippen LogP contribution < -0.4 is 5.32 Å². The SMILES string of the molecule is C=C(C(=O)Nc1cccc2ccccc12)C(O)c1cccc([N+](=O)[O-])c1. The third kappa shape index (κ3) is 3.45. The van der Waals surface area contributed by atoms with Crippen molar-refractivity contribution in [3.63, 3.8) is 0 Å². The Morgan fingerprint density at radius 1 is 1.08 bits per heavy atom. The number of nitrogens with one attached hydrogen (secondary N) is 1. The molecule has 130 valence electrons. The van der Waals surface area contributed by atoms with E-state index in [0.717, 1.165) is 10.8 Å². The number of hydrogen-bond donors (Lipinski definition) is 2. The molecule has 0 saturated carbocycles. The number of aliphatic hydroxyl groups is 1. The highest BCUT2D eigenvalue weighted by Crippen LogP contribution is 2.27. The molecule has 0 aromatic heterocycles. The van der Waals surface area contributed by atoms with Crippen LogP contribution in [-0.2, 0) is 4.79 Å². The molecule has 3 rings (SSSR count). The van der Waals surface area contributed by atoms with E-state index in [4.69, 9.17) is 0 Å². The molecule has 0 radical (unpaired) electrons. The van der Waals surface area contributed by atoms with Gasteiger partial charge in [0.15, 0.2) is 0 Å². The van der Waals surface area contributed by atoms with Crippen molar-refractivity contribution in [2.75, 3.05) is 5.32 Å². The molecule has 1 unspecified atom stereocenters. The normalized spacial score (nSPS) is 11.7.